The van der Waals surface area contributed by atoms with Crippen molar-refractivity contribution in [1.29, 1.82) is 0 Å². The van der Waals surface area contributed by atoms with E-state index in [1.807, 2.05) is 16.7 Å². The lowest BCUT2D eigenvalue weighted by Gasteiger charge is -2.38. The Morgan fingerprint density at radius 3 is 2.71 bits per heavy atom. The van der Waals surface area contributed by atoms with E-state index >= 15 is 0 Å². The molecule has 3 aromatic rings. The van der Waals surface area contributed by atoms with E-state index < -0.39 is 0 Å². The minimum Gasteiger partial charge on any atom is -0.497 e. The fourth-order valence-corrected chi connectivity index (χ4v) is 4.18. The van der Waals surface area contributed by atoms with Crippen molar-refractivity contribution in [2.75, 3.05) is 32.1 Å². The Labute approximate surface area is 181 Å². The number of morpholine rings is 1. The van der Waals surface area contributed by atoms with Crippen molar-refractivity contribution in [3.63, 3.8) is 0 Å². The number of hydrogen-bond donors (Lipinski definition) is 2. The number of aliphatic hydroxyl groups is 1. The number of rotatable bonds is 7. The normalized spacial score (nSPS) is 22.4. The summed E-state index contributed by atoms with van der Waals surface area (Å²) in [6.45, 7) is 2.06. The number of nitrogens with one attached hydrogen (secondary N) is 1. The monoisotopic (exact) mass is 424 g/mol. The highest BCUT2D eigenvalue weighted by molar-refractivity contribution is 5.82. The van der Waals surface area contributed by atoms with E-state index in [2.05, 4.69) is 37.3 Å². The molecule has 1 aliphatic carbocycles. The van der Waals surface area contributed by atoms with Crippen LogP contribution in [0.25, 0.3) is 11.2 Å². The molecule has 0 spiro atoms. The second-order valence-electron chi connectivity index (χ2n) is 8.26. The summed E-state index contributed by atoms with van der Waals surface area (Å²) in [6, 6.07) is 8.53. The first-order valence-corrected chi connectivity index (χ1v) is 10.8. The van der Waals surface area contributed by atoms with Crippen LogP contribution in [0, 0.1) is 0 Å². The third-order valence-corrected chi connectivity index (χ3v) is 6.11. The molecule has 0 bridgehead atoms. The summed E-state index contributed by atoms with van der Waals surface area (Å²) in [5.74, 6) is 1.62. The topological polar surface area (TPSA) is 97.6 Å². The lowest BCUT2D eigenvalue weighted by atomic mass is 9.93. The van der Waals surface area contributed by atoms with E-state index in [4.69, 9.17) is 9.47 Å². The molecule has 1 saturated carbocycles. The van der Waals surface area contributed by atoms with E-state index in [1.165, 1.54) is 12.0 Å². The van der Waals surface area contributed by atoms with Crippen molar-refractivity contribution in [2.45, 2.75) is 44.2 Å². The molecule has 2 fully saturated rings. The van der Waals surface area contributed by atoms with Gasteiger partial charge in [0, 0.05) is 25.7 Å². The van der Waals surface area contributed by atoms with Crippen LogP contribution >= 0.6 is 0 Å². The van der Waals surface area contributed by atoms with Crippen LogP contribution in [0.5, 0.6) is 5.75 Å². The third-order valence-electron chi connectivity index (χ3n) is 6.11. The van der Waals surface area contributed by atoms with Gasteiger partial charge in [0.05, 0.1) is 26.1 Å². The second-order valence-corrected chi connectivity index (χ2v) is 8.26. The predicted molar refractivity (Wildman–Crippen MR) is 116 cm³/mol. The van der Waals surface area contributed by atoms with Crippen LogP contribution in [0.15, 0.2) is 36.9 Å². The Morgan fingerprint density at radius 2 is 2.00 bits per heavy atom. The predicted octanol–water partition coefficient (Wildman–Crippen LogP) is 2.19. The lowest BCUT2D eigenvalue weighted by Crippen LogP contribution is -2.46. The number of anilines is 1. The van der Waals surface area contributed by atoms with Crippen LogP contribution in [0.3, 0.4) is 0 Å². The van der Waals surface area contributed by atoms with E-state index in [-0.39, 0.29) is 18.9 Å². The highest BCUT2D eigenvalue weighted by Crippen LogP contribution is 2.29. The fourth-order valence-electron chi connectivity index (χ4n) is 4.18. The van der Waals surface area contributed by atoms with Crippen LogP contribution in [0.4, 0.5) is 5.82 Å². The fraction of sp³-hybridized carbons (Fsp3) is 0.500. The van der Waals surface area contributed by atoms with Crippen molar-refractivity contribution >= 4 is 17.0 Å². The van der Waals surface area contributed by atoms with Crippen molar-refractivity contribution in [1.82, 2.24) is 24.4 Å². The molecule has 164 valence electrons. The van der Waals surface area contributed by atoms with Crippen molar-refractivity contribution < 1.29 is 14.6 Å². The first-order valence-electron chi connectivity index (χ1n) is 10.8. The SMILES string of the molecule is COc1ccc(CN2C[C@@H](CO)O[C@@H](n3cnc4c(NC5CCC5)ncnc43)C2)cc1. The highest BCUT2D eigenvalue weighted by Gasteiger charge is 2.30. The van der Waals surface area contributed by atoms with Gasteiger partial charge >= 0.3 is 0 Å². The quantitative estimate of drug-likeness (QED) is 0.596. The van der Waals surface area contributed by atoms with E-state index in [9.17, 15) is 5.11 Å². The number of hydrogen-bond acceptors (Lipinski definition) is 8. The summed E-state index contributed by atoms with van der Waals surface area (Å²) in [5, 5.41) is 13.3. The summed E-state index contributed by atoms with van der Waals surface area (Å²) in [6.07, 6.45) is 6.35. The number of methoxy groups -OCH3 is 1. The zero-order valence-corrected chi connectivity index (χ0v) is 17.6. The van der Waals surface area contributed by atoms with Gasteiger partial charge in [0.25, 0.3) is 0 Å². The molecule has 2 aromatic heterocycles. The zero-order valence-electron chi connectivity index (χ0n) is 17.6. The molecule has 9 heteroatoms. The van der Waals surface area contributed by atoms with Crippen LogP contribution in [0.1, 0.15) is 31.1 Å². The Hall–Kier alpha value is -2.75. The van der Waals surface area contributed by atoms with Gasteiger partial charge in [0.15, 0.2) is 17.0 Å². The number of nitrogens with zero attached hydrogens (tertiary/aromatic N) is 5. The Bertz CT molecular complexity index is 1020. The summed E-state index contributed by atoms with van der Waals surface area (Å²) >= 11 is 0. The summed E-state index contributed by atoms with van der Waals surface area (Å²) < 4.78 is 13.4. The standard InChI is InChI=1S/C22H28N6O3/c1-30-17-7-5-15(6-8-17)9-27-10-18(12-29)31-19(11-27)28-14-25-20-21(23-13-24-22(20)28)26-16-3-2-4-16/h5-8,13-14,16,18-19,29H,2-4,9-12H2,1H3,(H,23,24,26)/t18-,19+/m0/s1. The van der Waals surface area contributed by atoms with Gasteiger partial charge in [-0.25, -0.2) is 15.0 Å². The molecule has 2 atom stereocenters. The molecule has 0 unspecified atom stereocenters. The average Bonchev–Trinajstić information content (AvgIpc) is 3.21. The van der Waals surface area contributed by atoms with Gasteiger partial charge in [-0.1, -0.05) is 12.1 Å². The molecule has 9 nitrogen and oxygen atoms in total. The summed E-state index contributed by atoms with van der Waals surface area (Å²) in [7, 11) is 1.67. The number of fused-ring (bicyclic) bond motifs is 1. The number of aliphatic hydroxyl groups excluding tert-OH is 1. The third kappa shape index (κ3) is 4.21. The lowest BCUT2D eigenvalue weighted by molar-refractivity contribution is -0.135. The highest BCUT2D eigenvalue weighted by atomic mass is 16.5. The summed E-state index contributed by atoms with van der Waals surface area (Å²) in [4.78, 5) is 15.8. The van der Waals surface area contributed by atoms with Gasteiger partial charge in [-0.15, -0.1) is 0 Å². The van der Waals surface area contributed by atoms with E-state index in [1.54, 1.807) is 19.8 Å². The Kier molecular flexibility index (Phi) is 5.71. The minimum atomic E-state index is -0.291. The van der Waals surface area contributed by atoms with Gasteiger partial charge in [-0.3, -0.25) is 9.47 Å². The Balaban J connectivity index is 1.36. The maximum Gasteiger partial charge on any atom is 0.167 e. The largest absolute Gasteiger partial charge is 0.497 e. The molecule has 0 amide bonds. The van der Waals surface area contributed by atoms with Gasteiger partial charge in [-0.2, -0.15) is 0 Å². The maximum atomic E-state index is 9.82. The molecular weight excluding hydrogens is 396 g/mol. The molecule has 1 aromatic carbocycles. The van der Waals surface area contributed by atoms with Gasteiger partial charge in [0.2, 0.25) is 0 Å². The van der Waals surface area contributed by atoms with E-state index in [0.29, 0.717) is 19.1 Å². The van der Waals surface area contributed by atoms with Crippen molar-refractivity contribution in [2.24, 2.45) is 0 Å². The van der Waals surface area contributed by atoms with Gasteiger partial charge in [-0.05, 0) is 37.0 Å². The van der Waals surface area contributed by atoms with Crippen LogP contribution < -0.4 is 10.1 Å². The molecule has 2 N–H and O–H groups in total. The number of imidazole rings is 1. The number of aromatic nitrogens is 4. The molecule has 0 radical (unpaired) electrons. The molecular formula is C22H28N6O3. The van der Waals surface area contributed by atoms with Crippen LogP contribution in [0.2, 0.25) is 0 Å². The first kappa shape index (κ1) is 20.2. The van der Waals surface area contributed by atoms with Crippen LogP contribution in [-0.4, -0.2) is 68.5 Å². The zero-order chi connectivity index (χ0) is 21.2. The minimum absolute atomic E-state index is 0.0360. The molecule has 1 saturated heterocycles. The molecule has 3 heterocycles. The number of ether oxygens (including phenoxy) is 2. The maximum absolute atomic E-state index is 9.82. The second kappa shape index (κ2) is 8.78. The first-order chi connectivity index (χ1) is 15.2. The van der Waals surface area contributed by atoms with Gasteiger partial charge < -0.3 is 19.9 Å². The molecule has 5 rings (SSSR count). The van der Waals surface area contributed by atoms with Gasteiger partial charge in [0.1, 0.15) is 18.3 Å². The number of benzene rings is 1. The Morgan fingerprint density at radius 1 is 1.16 bits per heavy atom. The average molecular weight is 425 g/mol. The van der Waals surface area contributed by atoms with Crippen molar-refractivity contribution in [3.05, 3.63) is 42.5 Å². The summed E-state index contributed by atoms with van der Waals surface area (Å²) in [5.41, 5.74) is 2.68. The van der Waals surface area contributed by atoms with Crippen LogP contribution in [-0.2, 0) is 11.3 Å². The van der Waals surface area contributed by atoms with E-state index in [0.717, 1.165) is 42.1 Å². The molecule has 2 aliphatic rings. The molecule has 31 heavy (non-hydrogen) atoms. The molecule has 1 aliphatic heterocycles. The van der Waals surface area contributed by atoms with Crippen molar-refractivity contribution in [3.8, 4) is 5.75 Å². The smallest absolute Gasteiger partial charge is 0.167 e.